The number of rotatable bonds is 5. The van der Waals surface area contributed by atoms with Crippen LogP contribution in [0.25, 0.3) is 0 Å². The fourth-order valence-electron chi connectivity index (χ4n) is 4.51. The van der Waals surface area contributed by atoms with E-state index in [0.717, 1.165) is 25.7 Å². The molecule has 6 unspecified atom stereocenters. The maximum Gasteiger partial charge on any atom is 0.308 e. The topological polar surface area (TPSA) is 66.8 Å². The van der Waals surface area contributed by atoms with Gasteiger partial charge in [-0.15, -0.1) is 0 Å². The van der Waals surface area contributed by atoms with Crippen molar-refractivity contribution in [2.75, 3.05) is 6.61 Å². The van der Waals surface area contributed by atoms with Gasteiger partial charge in [-0.1, -0.05) is 34.1 Å². The van der Waals surface area contributed by atoms with Gasteiger partial charge in [-0.25, -0.2) is 0 Å². The molecule has 0 bridgehead atoms. The second kappa shape index (κ2) is 8.18. The Balaban J connectivity index is 1.77. The predicted octanol–water partition coefficient (Wildman–Crippen LogP) is 3.54. The van der Waals surface area contributed by atoms with E-state index in [1.165, 1.54) is 0 Å². The van der Waals surface area contributed by atoms with Crippen molar-refractivity contribution < 1.29 is 19.7 Å². The molecular formula is C20H36O4. The van der Waals surface area contributed by atoms with Crippen LogP contribution in [0.4, 0.5) is 0 Å². The van der Waals surface area contributed by atoms with Crippen LogP contribution in [0.5, 0.6) is 0 Å². The molecule has 2 saturated carbocycles. The molecule has 140 valence electrons. The van der Waals surface area contributed by atoms with E-state index < -0.39 is 0 Å². The number of hydrogen-bond donors (Lipinski definition) is 2. The molecule has 4 nitrogen and oxygen atoms in total. The Labute approximate surface area is 147 Å². The summed E-state index contributed by atoms with van der Waals surface area (Å²) in [5, 5.41) is 20.4. The minimum atomic E-state index is -0.326. The summed E-state index contributed by atoms with van der Waals surface area (Å²) >= 11 is 0. The van der Waals surface area contributed by atoms with Gasteiger partial charge in [0.1, 0.15) is 0 Å². The summed E-state index contributed by atoms with van der Waals surface area (Å²) in [4.78, 5) is 12.4. The molecule has 0 heterocycles. The van der Waals surface area contributed by atoms with Gasteiger partial charge in [0.05, 0.1) is 24.7 Å². The third-order valence-corrected chi connectivity index (χ3v) is 6.61. The molecule has 24 heavy (non-hydrogen) atoms. The smallest absolute Gasteiger partial charge is 0.308 e. The molecule has 4 heteroatoms. The number of ether oxygens (including phenoxy) is 1. The van der Waals surface area contributed by atoms with Crippen LogP contribution in [0.2, 0.25) is 0 Å². The predicted molar refractivity (Wildman–Crippen MR) is 94.4 cm³/mol. The number of hydrogen-bond acceptors (Lipinski definition) is 4. The quantitative estimate of drug-likeness (QED) is 0.751. The highest BCUT2D eigenvalue weighted by atomic mass is 16.5. The molecule has 2 aliphatic carbocycles. The van der Waals surface area contributed by atoms with Crippen molar-refractivity contribution in [3.05, 3.63) is 0 Å². The summed E-state index contributed by atoms with van der Waals surface area (Å²) in [6.45, 7) is 8.86. The molecule has 0 aliphatic heterocycles. The second-order valence-corrected chi connectivity index (χ2v) is 8.91. The molecule has 6 atom stereocenters. The number of esters is 1. The first-order valence-electron chi connectivity index (χ1n) is 9.77. The van der Waals surface area contributed by atoms with Crippen molar-refractivity contribution in [3.63, 3.8) is 0 Å². The normalized spacial score (nSPS) is 37.7. The van der Waals surface area contributed by atoms with Gasteiger partial charge in [-0.2, -0.15) is 0 Å². The Morgan fingerprint density at radius 2 is 1.92 bits per heavy atom. The Morgan fingerprint density at radius 3 is 2.50 bits per heavy atom. The number of aliphatic hydroxyl groups is 2. The van der Waals surface area contributed by atoms with Crippen LogP contribution in [0.3, 0.4) is 0 Å². The Hall–Kier alpha value is -0.610. The lowest BCUT2D eigenvalue weighted by Gasteiger charge is -2.39. The Bertz CT molecular complexity index is 420. The molecular weight excluding hydrogens is 304 g/mol. The third kappa shape index (κ3) is 4.72. The summed E-state index contributed by atoms with van der Waals surface area (Å²) in [6.07, 6.45) is 5.40. The van der Waals surface area contributed by atoms with E-state index >= 15 is 0 Å². The van der Waals surface area contributed by atoms with Crippen molar-refractivity contribution in [3.8, 4) is 0 Å². The van der Waals surface area contributed by atoms with Crippen LogP contribution in [0.15, 0.2) is 0 Å². The van der Waals surface area contributed by atoms with Gasteiger partial charge in [0.15, 0.2) is 0 Å². The van der Waals surface area contributed by atoms with Gasteiger partial charge in [0.25, 0.3) is 0 Å². The third-order valence-electron chi connectivity index (χ3n) is 6.61. The van der Waals surface area contributed by atoms with E-state index in [0.29, 0.717) is 37.7 Å². The molecule has 0 aromatic heterocycles. The van der Waals surface area contributed by atoms with Crippen LogP contribution in [0, 0.1) is 29.1 Å². The highest BCUT2D eigenvalue weighted by Gasteiger charge is 2.39. The van der Waals surface area contributed by atoms with Crippen molar-refractivity contribution in [1.82, 2.24) is 0 Å². The summed E-state index contributed by atoms with van der Waals surface area (Å²) in [7, 11) is 0. The van der Waals surface area contributed by atoms with Gasteiger partial charge < -0.3 is 14.9 Å². The lowest BCUT2D eigenvalue weighted by atomic mass is 9.70. The molecule has 2 N–H and O–H groups in total. The fraction of sp³-hybridized carbons (Fsp3) is 0.950. The van der Waals surface area contributed by atoms with E-state index in [-0.39, 0.29) is 35.4 Å². The number of carbonyl (C=O) groups is 1. The summed E-state index contributed by atoms with van der Waals surface area (Å²) < 4.78 is 5.59. The van der Waals surface area contributed by atoms with Gasteiger partial charge in [0.2, 0.25) is 0 Å². The second-order valence-electron chi connectivity index (χ2n) is 8.91. The molecule has 0 aromatic carbocycles. The maximum atomic E-state index is 12.4. The van der Waals surface area contributed by atoms with Gasteiger partial charge in [0, 0.05) is 0 Å². The average molecular weight is 341 g/mol. The molecule has 0 amide bonds. The van der Waals surface area contributed by atoms with Crippen molar-refractivity contribution in [2.45, 2.75) is 84.8 Å². The minimum absolute atomic E-state index is 0.0928. The first-order chi connectivity index (χ1) is 11.2. The first-order valence-corrected chi connectivity index (χ1v) is 9.77. The summed E-state index contributed by atoms with van der Waals surface area (Å²) in [6, 6.07) is 0. The zero-order chi connectivity index (χ0) is 17.9. The lowest BCUT2D eigenvalue weighted by Crippen LogP contribution is -2.40. The molecule has 2 aliphatic rings. The standard InChI is InChI=1S/C20H36O4/c1-5-13(2)16-8-6-14(10-17(16)21)12-24-19(23)15-7-9-18(22)20(3,4)11-15/h13-18,21-22H,5-12H2,1-4H3. The van der Waals surface area contributed by atoms with Gasteiger partial charge in [-0.05, 0) is 61.7 Å². The van der Waals surface area contributed by atoms with E-state index in [9.17, 15) is 15.0 Å². The zero-order valence-electron chi connectivity index (χ0n) is 15.8. The lowest BCUT2D eigenvalue weighted by molar-refractivity contribution is -0.155. The summed E-state index contributed by atoms with van der Waals surface area (Å²) in [5.74, 6) is 1.02. The van der Waals surface area contributed by atoms with Crippen LogP contribution in [-0.2, 0) is 9.53 Å². The molecule has 2 rings (SSSR count). The Morgan fingerprint density at radius 1 is 1.21 bits per heavy atom. The van der Waals surface area contributed by atoms with Crippen molar-refractivity contribution in [2.24, 2.45) is 29.1 Å². The molecule has 2 fully saturated rings. The van der Waals surface area contributed by atoms with Crippen LogP contribution < -0.4 is 0 Å². The van der Waals surface area contributed by atoms with E-state index in [4.69, 9.17) is 4.74 Å². The van der Waals surface area contributed by atoms with Crippen molar-refractivity contribution in [1.29, 1.82) is 0 Å². The minimum Gasteiger partial charge on any atom is -0.465 e. The SMILES string of the molecule is CCC(C)C1CCC(COC(=O)C2CCC(O)C(C)(C)C2)CC1O. The van der Waals surface area contributed by atoms with Crippen LogP contribution >= 0.6 is 0 Å². The highest BCUT2D eigenvalue weighted by Crippen LogP contribution is 2.40. The molecule has 0 radical (unpaired) electrons. The maximum absolute atomic E-state index is 12.4. The number of carbonyl (C=O) groups excluding carboxylic acids is 1. The average Bonchev–Trinajstić information content (AvgIpc) is 2.54. The van der Waals surface area contributed by atoms with E-state index in [1.807, 2.05) is 13.8 Å². The Kier molecular flexibility index (Phi) is 6.72. The van der Waals surface area contributed by atoms with Crippen molar-refractivity contribution >= 4 is 5.97 Å². The molecule has 0 spiro atoms. The van der Waals surface area contributed by atoms with Gasteiger partial charge in [-0.3, -0.25) is 4.79 Å². The highest BCUT2D eigenvalue weighted by molar-refractivity contribution is 5.72. The van der Waals surface area contributed by atoms with E-state index in [1.54, 1.807) is 0 Å². The van der Waals surface area contributed by atoms with Gasteiger partial charge >= 0.3 is 5.97 Å². The van der Waals surface area contributed by atoms with Crippen LogP contribution in [-0.4, -0.2) is 35.0 Å². The number of aliphatic hydroxyl groups excluding tert-OH is 2. The fourth-order valence-corrected chi connectivity index (χ4v) is 4.51. The molecule has 0 saturated heterocycles. The summed E-state index contributed by atoms with van der Waals surface area (Å²) in [5.41, 5.74) is -0.216. The monoisotopic (exact) mass is 340 g/mol. The van der Waals surface area contributed by atoms with Crippen LogP contribution in [0.1, 0.15) is 72.6 Å². The first kappa shape index (κ1) is 19.7. The van der Waals surface area contributed by atoms with E-state index in [2.05, 4.69) is 13.8 Å². The largest absolute Gasteiger partial charge is 0.465 e. The molecule has 0 aromatic rings. The zero-order valence-corrected chi connectivity index (χ0v) is 15.8.